The zero-order valence-electron chi connectivity index (χ0n) is 14.8. The van der Waals surface area contributed by atoms with Crippen LogP contribution in [0, 0.1) is 0 Å². The van der Waals surface area contributed by atoms with E-state index in [9.17, 15) is 5.11 Å². The van der Waals surface area contributed by atoms with Crippen molar-refractivity contribution in [2.24, 2.45) is 4.99 Å². The summed E-state index contributed by atoms with van der Waals surface area (Å²) in [6.45, 7) is 5.07. The molecule has 0 amide bonds. The number of nitrogens with zero attached hydrogens (tertiary/aromatic N) is 2. The SMILES string of the molecule is CCNC(=NCc1cc(OC)ccc1O)N1CCc2ccccc2C1. The number of hydrogen-bond acceptors (Lipinski definition) is 3. The van der Waals surface area contributed by atoms with Crippen molar-refractivity contribution >= 4 is 5.96 Å². The van der Waals surface area contributed by atoms with E-state index in [0.717, 1.165) is 43.3 Å². The van der Waals surface area contributed by atoms with Gasteiger partial charge in [0.25, 0.3) is 0 Å². The number of aromatic hydroxyl groups is 1. The monoisotopic (exact) mass is 339 g/mol. The zero-order valence-corrected chi connectivity index (χ0v) is 14.8. The predicted molar refractivity (Wildman–Crippen MR) is 100 cm³/mol. The van der Waals surface area contributed by atoms with Crippen LogP contribution in [-0.4, -0.2) is 36.2 Å². The van der Waals surface area contributed by atoms with Gasteiger partial charge in [0.1, 0.15) is 11.5 Å². The van der Waals surface area contributed by atoms with Crippen LogP contribution in [0.4, 0.5) is 0 Å². The van der Waals surface area contributed by atoms with Gasteiger partial charge in [0, 0.05) is 25.2 Å². The van der Waals surface area contributed by atoms with Crippen LogP contribution in [0.25, 0.3) is 0 Å². The van der Waals surface area contributed by atoms with Crippen LogP contribution in [0.1, 0.15) is 23.6 Å². The molecule has 0 aromatic heterocycles. The van der Waals surface area contributed by atoms with E-state index in [0.29, 0.717) is 6.54 Å². The van der Waals surface area contributed by atoms with Gasteiger partial charge in [0.05, 0.1) is 13.7 Å². The first kappa shape index (κ1) is 17.1. The van der Waals surface area contributed by atoms with Crippen molar-refractivity contribution in [2.45, 2.75) is 26.4 Å². The predicted octanol–water partition coefficient (Wildman–Crippen LogP) is 2.92. The van der Waals surface area contributed by atoms with Crippen LogP contribution in [0.5, 0.6) is 11.5 Å². The highest BCUT2D eigenvalue weighted by molar-refractivity contribution is 5.80. The topological polar surface area (TPSA) is 57.1 Å². The number of nitrogens with one attached hydrogen (secondary N) is 1. The molecule has 3 rings (SSSR count). The summed E-state index contributed by atoms with van der Waals surface area (Å²) in [6.07, 6.45) is 1.02. The highest BCUT2D eigenvalue weighted by Crippen LogP contribution is 2.24. The lowest BCUT2D eigenvalue weighted by atomic mass is 10.0. The van der Waals surface area contributed by atoms with Crippen molar-refractivity contribution < 1.29 is 9.84 Å². The molecule has 2 N–H and O–H groups in total. The average Bonchev–Trinajstić information content (AvgIpc) is 2.66. The summed E-state index contributed by atoms with van der Waals surface area (Å²) in [4.78, 5) is 7.00. The summed E-state index contributed by atoms with van der Waals surface area (Å²) >= 11 is 0. The minimum absolute atomic E-state index is 0.240. The molecule has 0 saturated carbocycles. The maximum absolute atomic E-state index is 10.1. The van der Waals surface area contributed by atoms with Gasteiger partial charge in [-0.2, -0.15) is 0 Å². The summed E-state index contributed by atoms with van der Waals surface area (Å²) in [5.74, 6) is 1.84. The Bertz CT molecular complexity index is 758. The molecular weight excluding hydrogens is 314 g/mol. The normalized spacial score (nSPS) is 14.2. The third-order valence-electron chi connectivity index (χ3n) is 4.45. The highest BCUT2D eigenvalue weighted by Gasteiger charge is 2.18. The number of hydrogen-bond donors (Lipinski definition) is 2. The molecule has 0 unspecified atom stereocenters. The van der Waals surface area contributed by atoms with Gasteiger partial charge in [-0.1, -0.05) is 24.3 Å². The molecule has 0 spiro atoms. The Kier molecular flexibility index (Phi) is 5.43. The Labute approximate surface area is 149 Å². The van der Waals surface area contributed by atoms with Crippen LogP contribution in [0.3, 0.4) is 0 Å². The largest absolute Gasteiger partial charge is 0.508 e. The number of fused-ring (bicyclic) bond motifs is 1. The number of aliphatic imine (C=N–C) groups is 1. The molecule has 25 heavy (non-hydrogen) atoms. The van der Waals surface area contributed by atoms with Gasteiger partial charge >= 0.3 is 0 Å². The van der Waals surface area contributed by atoms with E-state index in [2.05, 4.69) is 41.4 Å². The molecule has 0 bridgehead atoms. The molecule has 1 aliphatic heterocycles. The Morgan fingerprint density at radius 3 is 2.80 bits per heavy atom. The summed E-state index contributed by atoms with van der Waals surface area (Å²) < 4.78 is 5.23. The molecule has 0 atom stereocenters. The van der Waals surface area contributed by atoms with Gasteiger partial charge in [0.15, 0.2) is 5.96 Å². The van der Waals surface area contributed by atoms with Gasteiger partial charge in [-0.05, 0) is 42.7 Å². The second-order valence-corrected chi connectivity index (χ2v) is 6.11. The maximum atomic E-state index is 10.1. The van der Waals surface area contributed by atoms with E-state index in [1.54, 1.807) is 19.2 Å². The minimum Gasteiger partial charge on any atom is -0.508 e. The summed E-state index contributed by atoms with van der Waals surface area (Å²) in [6, 6.07) is 13.8. The first-order valence-electron chi connectivity index (χ1n) is 8.67. The molecule has 2 aromatic rings. The average molecular weight is 339 g/mol. The number of phenols is 1. The molecule has 1 heterocycles. The van der Waals surface area contributed by atoms with Gasteiger partial charge in [-0.3, -0.25) is 0 Å². The smallest absolute Gasteiger partial charge is 0.194 e. The maximum Gasteiger partial charge on any atom is 0.194 e. The number of rotatable bonds is 4. The fraction of sp³-hybridized carbons (Fsp3) is 0.350. The molecule has 132 valence electrons. The number of phenolic OH excluding ortho intramolecular Hbond substituents is 1. The van der Waals surface area contributed by atoms with Gasteiger partial charge in [-0.25, -0.2) is 4.99 Å². The third-order valence-corrected chi connectivity index (χ3v) is 4.45. The van der Waals surface area contributed by atoms with Crippen LogP contribution >= 0.6 is 0 Å². The highest BCUT2D eigenvalue weighted by atomic mass is 16.5. The molecule has 0 saturated heterocycles. The Morgan fingerprint density at radius 2 is 2.04 bits per heavy atom. The van der Waals surface area contributed by atoms with E-state index >= 15 is 0 Å². The number of ether oxygens (including phenoxy) is 1. The fourth-order valence-electron chi connectivity index (χ4n) is 3.08. The third kappa shape index (κ3) is 4.05. The van der Waals surface area contributed by atoms with Crippen molar-refractivity contribution in [3.63, 3.8) is 0 Å². The van der Waals surface area contributed by atoms with Gasteiger partial charge in [0.2, 0.25) is 0 Å². The van der Waals surface area contributed by atoms with E-state index < -0.39 is 0 Å². The molecule has 5 nitrogen and oxygen atoms in total. The number of methoxy groups -OCH3 is 1. The lowest BCUT2D eigenvalue weighted by Crippen LogP contribution is -2.44. The molecule has 0 radical (unpaired) electrons. The Balaban J connectivity index is 1.78. The summed E-state index contributed by atoms with van der Waals surface area (Å²) in [5.41, 5.74) is 3.52. The van der Waals surface area contributed by atoms with E-state index in [4.69, 9.17) is 9.73 Å². The minimum atomic E-state index is 0.240. The van der Waals surface area contributed by atoms with Crippen molar-refractivity contribution in [3.05, 3.63) is 59.2 Å². The van der Waals surface area contributed by atoms with E-state index in [1.807, 2.05) is 6.07 Å². The van der Waals surface area contributed by atoms with Crippen LogP contribution < -0.4 is 10.1 Å². The summed E-state index contributed by atoms with van der Waals surface area (Å²) in [5, 5.41) is 13.4. The van der Waals surface area contributed by atoms with E-state index in [1.165, 1.54) is 11.1 Å². The molecule has 0 aliphatic carbocycles. The van der Waals surface area contributed by atoms with Crippen LogP contribution in [0.2, 0.25) is 0 Å². The summed E-state index contributed by atoms with van der Waals surface area (Å²) in [7, 11) is 1.62. The van der Waals surface area contributed by atoms with Crippen LogP contribution in [-0.2, 0) is 19.5 Å². The van der Waals surface area contributed by atoms with Gasteiger partial charge in [-0.15, -0.1) is 0 Å². The molecule has 1 aliphatic rings. The number of guanidine groups is 1. The fourth-order valence-corrected chi connectivity index (χ4v) is 3.08. The van der Waals surface area contributed by atoms with Crippen molar-refractivity contribution in [1.29, 1.82) is 0 Å². The lowest BCUT2D eigenvalue weighted by Gasteiger charge is -2.31. The molecule has 5 heteroatoms. The van der Waals surface area contributed by atoms with Crippen molar-refractivity contribution in [3.8, 4) is 11.5 Å². The quantitative estimate of drug-likeness (QED) is 0.664. The Hall–Kier alpha value is -2.69. The zero-order chi connectivity index (χ0) is 17.6. The second-order valence-electron chi connectivity index (χ2n) is 6.11. The first-order chi connectivity index (χ1) is 12.2. The molecule has 0 fully saturated rings. The lowest BCUT2D eigenvalue weighted by molar-refractivity contribution is 0.378. The van der Waals surface area contributed by atoms with Crippen molar-refractivity contribution in [2.75, 3.05) is 20.2 Å². The standard InChI is InChI=1S/C20H25N3O2/c1-3-21-20(22-13-17-12-18(25-2)8-9-19(17)24)23-11-10-15-6-4-5-7-16(15)14-23/h4-9,12,24H,3,10-11,13-14H2,1-2H3,(H,21,22). The second kappa shape index (κ2) is 7.92. The molecule has 2 aromatic carbocycles. The first-order valence-corrected chi connectivity index (χ1v) is 8.67. The van der Waals surface area contributed by atoms with Crippen LogP contribution in [0.15, 0.2) is 47.5 Å². The Morgan fingerprint density at radius 1 is 1.24 bits per heavy atom. The van der Waals surface area contributed by atoms with Crippen molar-refractivity contribution in [1.82, 2.24) is 10.2 Å². The molecular formula is C20H25N3O2. The van der Waals surface area contributed by atoms with E-state index in [-0.39, 0.29) is 5.75 Å². The van der Waals surface area contributed by atoms with Gasteiger partial charge < -0.3 is 20.1 Å². The number of benzene rings is 2.